The van der Waals surface area contributed by atoms with E-state index < -0.39 is 5.97 Å². The van der Waals surface area contributed by atoms with E-state index in [0.29, 0.717) is 22.0 Å². The van der Waals surface area contributed by atoms with Crippen molar-refractivity contribution < 1.29 is 14.3 Å². The monoisotopic (exact) mass is 357 g/mol. The number of benzene rings is 1. The average molecular weight is 358 g/mol. The number of imidazole rings is 1. The summed E-state index contributed by atoms with van der Waals surface area (Å²) in [5.41, 5.74) is 3.16. The molecule has 0 fully saturated rings. The largest absolute Gasteiger partial charge is 0.465 e. The molecule has 1 N–H and O–H groups in total. The number of pyridine rings is 1. The van der Waals surface area contributed by atoms with Gasteiger partial charge in [-0.05, 0) is 36.8 Å². The SMILES string of the molecule is COC(=O)c1ccc(Cl)c(NC(=O)Cc2cn3cccc(C)c3n2)c1. The van der Waals surface area contributed by atoms with Gasteiger partial charge in [-0.3, -0.25) is 4.79 Å². The number of hydrogen-bond donors (Lipinski definition) is 1. The van der Waals surface area contributed by atoms with Gasteiger partial charge in [-0.15, -0.1) is 0 Å². The zero-order valence-electron chi connectivity index (χ0n) is 13.7. The predicted octanol–water partition coefficient (Wildman–Crippen LogP) is 3.26. The molecule has 3 aromatic rings. The molecule has 128 valence electrons. The van der Waals surface area contributed by atoms with Crippen LogP contribution in [0.15, 0.2) is 42.7 Å². The molecule has 2 heterocycles. The molecular formula is C18H16ClN3O3. The fourth-order valence-corrected chi connectivity index (χ4v) is 2.68. The fourth-order valence-electron chi connectivity index (χ4n) is 2.51. The molecule has 0 aliphatic rings. The molecule has 7 heteroatoms. The first-order valence-electron chi connectivity index (χ1n) is 7.59. The van der Waals surface area contributed by atoms with Gasteiger partial charge in [0.2, 0.25) is 5.91 Å². The van der Waals surface area contributed by atoms with Crippen LogP contribution >= 0.6 is 11.6 Å². The highest BCUT2D eigenvalue weighted by Gasteiger charge is 2.13. The second kappa shape index (κ2) is 6.94. The number of nitrogens with zero attached hydrogens (tertiary/aromatic N) is 2. The van der Waals surface area contributed by atoms with Crippen LogP contribution in [0.2, 0.25) is 5.02 Å². The van der Waals surface area contributed by atoms with Crippen molar-refractivity contribution in [3.05, 3.63) is 64.6 Å². The molecule has 0 radical (unpaired) electrons. The summed E-state index contributed by atoms with van der Waals surface area (Å²) < 4.78 is 6.55. The quantitative estimate of drug-likeness (QED) is 0.727. The number of ether oxygens (including phenoxy) is 1. The molecule has 0 atom stereocenters. The van der Waals surface area contributed by atoms with Crippen LogP contribution < -0.4 is 5.32 Å². The normalized spacial score (nSPS) is 10.7. The van der Waals surface area contributed by atoms with Gasteiger partial charge in [0.15, 0.2) is 0 Å². The van der Waals surface area contributed by atoms with Crippen molar-refractivity contribution in [2.75, 3.05) is 12.4 Å². The second-order valence-electron chi connectivity index (χ2n) is 5.57. The molecule has 0 aliphatic carbocycles. The number of amides is 1. The van der Waals surface area contributed by atoms with Crippen molar-refractivity contribution in [2.45, 2.75) is 13.3 Å². The molecule has 0 unspecified atom stereocenters. The molecule has 0 bridgehead atoms. The molecule has 6 nitrogen and oxygen atoms in total. The summed E-state index contributed by atoms with van der Waals surface area (Å²) in [6.45, 7) is 1.96. The van der Waals surface area contributed by atoms with Gasteiger partial charge in [-0.2, -0.15) is 0 Å². The number of aromatic nitrogens is 2. The van der Waals surface area contributed by atoms with Crippen LogP contribution in [0, 0.1) is 6.92 Å². The highest BCUT2D eigenvalue weighted by molar-refractivity contribution is 6.33. The lowest BCUT2D eigenvalue weighted by atomic mass is 10.2. The van der Waals surface area contributed by atoms with E-state index >= 15 is 0 Å². The van der Waals surface area contributed by atoms with Crippen molar-refractivity contribution in [1.29, 1.82) is 0 Å². The Morgan fingerprint density at radius 2 is 2.12 bits per heavy atom. The number of rotatable bonds is 4. The lowest BCUT2D eigenvalue weighted by Gasteiger charge is -2.08. The molecule has 0 spiro atoms. The molecule has 0 saturated carbocycles. The van der Waals surface area contributed by atoms with E-state index in [1.165, 1.54) is 25.3 Å². The Kier molecular flexibility index (Phi) is 4.72. The van der Waals surface area contributed by atoms with E-state index in [1.54, 1.807) is 0 Å². The van der Waals surface area contributed by atoms with Crippen LogP contribution in [-0.4, -0.2) is 28.4 Å². The van der Waals surface area contributed by atoms with Gasteiger partial charge in [-0.1, -0.05) is 17.7 Å². The number of carbonyl (C=O) groups is 2. The number of hydrogen-bond acceptors (Lipinski definition) is 4. The van der Waals surface area contributed by atoms with Crippen molar-refractivity contribution in [2.24, 2.45) is 0 Å². The third-order valence-corrected chi connectivity index (χ3v) is 4.06. The van der Waals surface area contributed by atoms with Crippen LogP contribution in [0.25, 0.3) is 5.65 Å². The molecule has 2 aromatic heterocycles. The Bertz CT molecular complexity index is 965. The van der Waals surface area contributed by atoms with Crippen LogP contribution in [0.5, 0.6) is 0 Å². The summed E-state index contributed by atoms with van der Waals surface area (Å²) in [7, 11) is 1.29. The zero-order chi connectivity index (χ0) is 18.0. The maximum Gasteiger partial charge on any atom is 0.337 e. The standard InChI is InChI=1S/C18H16ClN3O3/c1-11-4-3-7-22-10-13(20-17(11)22)9-16(23)21-15-8-12(18(24)25-2)5-6-14(15)19/h3-8,10H,9H2,1-2H3,(H,21,23). The number of fused-ring (bicyclic) bond motifs is 1. The average Bonchev–Trinajstić information content (AvgIpc) is 3.00. The van der Waals surface area contributed by atoms with Gasteiger partial charge in [0, 0.05) is 12.4 Å². The summed E-state index contributed by atoms with van der Waals surface area (Å²) >= 11 is 6.09. The third kappa shape index (κ3) is 3.64. The minimum Gasteiger partial charge on any atom is -0.465 e. The Labute approximate surface area is 149 Å². The van der Waals surface area contributed by atoms with Crippen LogP contribution in [0.4, 0.5) is 5.69 Å². The van der Waals surface area contributed by atoms with Gasteiger partial charge in [0.1, 0.15) is 5.65 Å². The maximum absolute atomic E-state index is 12.3. The molecule has 0 aliphatic heterocycles. The Hall–Kier alpha value is -2.86. The van der Waals surface area contributed by atoms with E-state index in [1.807, 2.05) is 35.9 Å². The second-order valence-corrected chi connectivity index (χ2v) is 5.97. The van der Waals surface area contributed by atoms with E-state index in [2.05, 4.69) is 15.0 Å². The Morgan fingerprint density at radius 1 is 1.32 bits per heavy atom. The highest BCUT2D eigenvalue weighted by atomic mass is 35.5. The van der Waals surface area contributed by atoms with Crippen molar-refractivity contribution in [1.82, 2.24) is 9.38 Å². The van der Waals surface area contributed by atoms with Gasteiger partial charge >= 0.3 is 5.97 Å². The number of methoxy groups -OCH3 is 1. The number of carbonyl (C=O) groups excluding carboxylic acids is 2. The number of nitrogens with one attached hydrogen (secondary N) is 1. The first-order chi connectivity index (χ1) is 12.0. The Morgan fingerprint density at radius 3 is 2.84 bits per heavy atom. The smallest absolute Gasteiger partial charge is 0.337 e. The first-order valence-corrected chi connectivity index (χ1v) is 7.96. The van der Waals surface area contributed by atoms with Gasteiger partial charge < -0.3 is 14.5 Å². The summed E-state index contributed by atoms with van der Waals surface area (Å²) in [5, 5.41) is 3.05. The van der Waals surface area contributed by atoms with Crippen LogP contribution in [-0.2, 0) is 16.0 Å². The van der Waals surface area contributed by atoms with Crippen molar-refractivity contribution >= 4 is 34.8 Å². The summed E-state index contributed by atoms with van der Waals surface area (Å²) in [5.74, 6) is -0.770. The lowest BCUT2D eigenvalue weighted by Crippen LogP contribution is -2.15. The number of halogens is 1. The number of esters is 1. The molecule has 0 saturated heterocycles. The number of aryl methyl sites for hydroxylation is 1. The fraction of sp³-hybridized carbons (Fsp3) is 0.167. The summed E-state index contributed by atoms with van der Waals surface area (Å²) in [4.78, 5) is 28.4. The zero-order valence-corrected chi connectivity index (χ0v) is 14.5. The molecule has 3 rings (SSSR count). The summed E-state index contributed by atoms with van der Waals surface area (Å²) in [6.07, 6.45) is 3.79. The molecule has 1 amide bonds. The van der Waals surface area contributed by atoms with Gasteiger partial charge in [0.05, 0.1) is 35.5 Å². The van der Waals surface area contributed by atoms with Crippen molar-refractivity contribution in [3.8, 4) is 0 Å². The predicted molar refractivity (Wildman–Crippen MR) is 95.1 cm³/mol. The minimum absolute atomic E-state index is 0.0971. The van der Waals surface area contributed by atoms with Gasteiger partial charge in [-0.25, -0.2) is 9.78 Å². The topological polar surface area (TPSA) is 72.7 Å². The van der Waals surface area contributed by atoms with Gasteiger partial charge in [0.25, 0.3) is 0 Å². The van der Waals surface area contributed by atoms with E-state index in [0.717, 1.165) is 11.2 Å². The van der Waals surface area contributed by atoms with E-state index in [9.17, 15) is 9.59 Å². The first kappa shape index (κ1) is 17.0. The highest BCUT2D eigenvalue weighted by Crippen LogP contribution is 2.23. The van der Waals surface area contributed by atoms with Crippen LogP contribution in [0.3, 0.4) is 0 Å². The third-order valence-electron chi connectivity index (χ3n) is 3.73. The van der Waals surface area contributed by atoms with Crippen LogP contribution in [0.1, 0.15) is 21.6 Å². The van der Waals surface area contributed by atoms with Crippen molar-refractivity contribution in [3.63, 3.8) is 0 Å². The minimum atomic E-state index is -0.497. The number of anilines is 1. The molecule has 25 heavy (non-hydrogen) atoms. The molecule has 1 aromatic carbocycles. The van der Waals surface area contributed by atoms with E-state index in [-0.39, 0.29) is 12.3 Å². The summed E-state index contributed by atoms with van der Waals surface area (Å²) in [6, 6.07) is 8.45. The Balaban J connectivity index is 1.77. The molecular weight excluding hydrogens is 342 g/mol. The maximum atomic E-state index is 12.3. The lowest BCUT2D eigenvalue weighted by molar-refractivity contribution is -0.115. The van der Waals surface area contributed by atoms with E-state index in [4.69, 9.17) is 11.6 Å².